The van der Waals surface area contributed by atoms with E-state index in [1.807, 2.05) is 60.7 Å². The molecule has 0 bridgehead atoms. The van der Waals surface area contributed by atoms with E-state index >= 15 is 0 Å². The molecule has 0 amide bonds. The molecule has 0 aromatic heterocycles. The molecule has 0 heterocycles. The number of hydrogen-bond acceptors (Lipinski definition) is 2. The Kier molecular flexibility index (Phi) is 4.94. The highest BCUT2D eigenvalue weighted by molar-refractivity contribution is 5.72. The van der Waals surface area contributed by atoms with Gasteiger partial charge in [-0.25, -0.2) is 0 Å². The van der Waals surface area contributed by atoms with Crippen molar-refractivity contribution >= 4 is 11.9 Å². The Hall–Kier alpha value is -2.62. The summed E-state index contributed by atoms with van der Waals surface area (Å²) in [6, 6.07) is 18.5. The Morgan fingerprint density at radius 2 is 1.23 bits per heavy atom. The van der Waals surface area contributed by atoms with E-state index < -0.39 is 17.4 Å². The van der Waals surface area contributed by atoms with Gasteiger partial charge < -0.3 is 10.2 Å². The van der Waals surface area contributed by atoms with E-state index in [1.165, 1.54) is 0 Å². The van der Waals surface area contributed by atoms with Gasteiger partial charge in [-0.15, -0.1) is 0 Å². The maximum absolute atomic E-state index is 11.5. The van der Waals surface area contributed by atoms with Gasteiger partial charge in [0.2, 0.25) is 0 Å². The zero-order chi connectivity index (χ0) is 16.0. The largest absolute Gasteiger partial charge is 0.481 e. The monoisotopic (exact) mass is 298 g/mol. The summed E-state index contributed by atoms with van der Waals surface area (Å²) in [6.45, 7) is 0. The Balaban J connectivity index is 2.57. The molecule has 2 N–H and O–H groups in total. The van der Waals surface area contributed by atoms with E-state index in [9.17, 15) is 14.7 Å². The average Bonchev–Trinajstić information content (AvgIpc) is 2.53. The minimum atomic E-state index is -0.946. The predicted molar refractivity (Wildman–Crippen MR) is 82.8 cm³/mol. The van der Waals surface area contributed by atoms with Crippen molar-refractivity contribution in [3.05, 3.63) is 71.8 Å². The molecular formula is C18H18O4. The number of hydrogen-bond donors (Lipinski definition) is 2. The molecular weight excluding hydrogens is 280 g/mol. The zero-order valence-corrected chi connectivity index (χ0v) is 12.1. The van der Waals surface area contributed by atoms with Crippen molar-refractivity contribution in [1.29, 1.82) is 0 Å². The lowest BCUT2D eigenvalue weighted by Crippen LogP contribution is -2.31. The molecule has 22 heavy (non-hydrogen) atoms. The van der Waals surface area contributed by atoms with Crippen LogP contribution in [-0.4, -0.2) is 22.2 Å². The molecule has 4 heteroatoms. The smallest absolute Gasteiger partial charge is 0.304 e. The molecule has 0 saturated carbocycles. The van der Waals surface area contributed by atoms with Crippen LogP contribution < -0.4 is 0 Å². The van der Waals surface area contributed by atoms with Gasteiger partial charge in [-0.1, -0.05) is 60.7 Å². The van der Waals surface area contributed by atoms with Crippen LogP contribution in [0.3, 0.4) is 0 Å². The van der Waals surface area contributed by atoms with E-state index in [4.69, 9.17) is 5.11 Å². The van der Waals surface area contributed by atoms with E-state index in [0.29, 0.717) is 0 Å². The highest BCUT2D eigenvalue weighted by Crippen LogP contribution is 2.40. The van der Waals surface area contributed by atoms with Crippen molar-refractivity contribution in [1.82, 2.24) is 0 Å². The van der Waals surface area contributed by atoms with Crippen LogP contribution in [0.1, 0.15) is 30.4 Å². The third-order valence-corrected chi connectivity index (χ3v) is 3.87. The highest BCUT2D eigenvalue weighted by atomic mass is 16.4. The van der Waals surface area contributed by atoms with Crippen LogP contribution in [0.4, 0.5) is 0 Å². The third kappa shape index (κ3) is 3.52. The van der Waals surface area contributed by atoms with Crippen LogP contribution in [0.2, 0.25) is 0 Å². The maximum Gasteiger partial charge on any atom is 0.304 e. The summed E-state index contributed by atoms with van der Waals surface area (Å²) in [6.07, 6.45) is 0.00797. The molecule has 0 aliphatic rings. The quantitative estimate of drug-likeness (QED) is 0.822. The molecule has 4 nitrogen and oxygen atoms in total. The fourth-order valence-electron chi connectivity index (χ4n) is 2.84. The first-order valence-corrected chi connectivity index (χ1v) is 7.09. The number of carboxylic acids is 2. The van der Waals surface area contributed by atoms with Gasteiger partial charge >= 0.3 is 11.9 Å². The lowest BCUT2D eigenvalue weighted by molar-refractivity contribution is -0.140. The van der Waals surface area contributed by atoms with E-state index in [2.05, 4.69) is 0 Å². The number of carboxylic acid groups (broad SMARTS) is 2. The van der Waals surface area contributed by atoms with Crippen LogP contribution in [-0.2, 0) is 15.0 Å². The summed E-state index contributed by atoms with van der Waals surface area (Å²) in [7, 11) is 0. The summed E-state index contributed by atoms with van der Waals surface area (Å²) in [5.41, 5.74) is 0.807. The van der Waals surface area contributed by atoms with Crippen molar-refractivity contribution in [2.75, 3.05) is 0 Å². The lowest BCUT2D eigenvalue weighted by Gasteiger charge is -2.33. The molecule has 2 aromatic rings. The molecule has 0 saturated heterocycles. The molecule has 0 fully saturated rings. The SMILES string of the molecule is O=C(O)CCC(CC(=O)O)(c1ccccc1)c1ccccc1. The van der Waals surface area contributed by atoms with E-state index in [-0.39, 0.29) is 19.3 Å². The predicted octanol–water partition coefficient (Wildman–Crippen LogP) is 3.31. The van der Waals surface area contributed by atoms with Crippen molar-refractivity contribution < 1.29 is 19.8 Å². The van der Waals surface area contributed by atoms with Crippen LogP contribution in [0.25, 0.3) is 0 Å². The topological polar surface area (TPSA) is 74.6 Å². The van der Waals surface area contributed by atoms with Crippen molar-refractivity contribution in [2.45, 2.75) is 24.7 Å². The van der Waals surface area contributed by atoms with E-state index in [1.54, 1.807) is 0 Å². The van der Waals surface area contributed by atoms with Gasteiger partial charge in [0.25, 0.3) is 0 Å². The summed E-state index contributed by atoms with van der Waals surface area (Å²) in [4.78, 5) is 22.5. The summed E-state index contributed by atoms with van der Waals surface area (Å²) >= 11 is 0. The van der Waals surface area contributed by atoms with Gasteiger partial charge in [0, 0.05) is 11.8 Å². The van der Waals surface area contributed by atoms with Crippen LogP contribution in [0, 0.1) is 0 Å². The molecule has 0 aliphatic heterocycles. The minimum absolute atomic E-state index is 0.0862. The molecule has 0 atom stereocenters. The summed E-state index contributed by atoms with van der Waals surface area (Å²) in [5.74, 6) is -1.88. The molecule has 0 spiro atoms. The normalized spacial score (nSPS) is 11.1. The van der Waals surface area contributed by atoms with Gasteiger partial charge in [0.05, 0.1) is 6.42 Å². The van der Waals surface area contributed by atoms with Gasteiger partial charge in [0.1, 0.15) is 0 Å². The van der Waals surface area contributed by atoms with E-state index in [0.717, 1.165) is 11.1 Å². The zero-order valence-electron chi connectivity index (χ0n) is 12.1. The average molecular weight is 298 g/mol. The Morgan fingerprint density at radius 1 is 0.773 bits per heavy atom. The number of carbonyl (C=O) groups is 2. The fraction of sp³-hybridized carbons (Fsp3) is 0.222. The van der Waals surface area contributed by atoms with Gasteiger partial charge in [-0.2, -0.15) is 0 Å². The molecule has 0 unspecified atom stereocenters. The van der Waals surface area contributed by atoms with Crippen LogP contribution in [0.15, 0.2) is 60.7 Å². The molecule has 2 aromatic carbocycles. The molecule has 0 aliphatic carbocycles. The van der Waals surface area contributed by atoms with Crippen LogP contribution >= 0.6 is 0 Å². The first-order chi connectivity index (χ1) is 10.5. The maximum atomic E-state index is 11.5. The first kappa shape index (κ1) is 15.8. The van der Waals surface area contributed by atoms with Crippen molar-refractivity contribution in [2.24, 2.45) is 0 Å². The summed E-state index contributed by atoms with van der Waals surface area (Å²) in [5, 5.41) is 18.4. The second-order valence-electron chi connectivity index (χ2n) is 5.28. The number of benzene rings is 2. The Bertz CT molecular complexity index is 595. The second-order valence-corrected chi connectivity index (χ2v) is 5.28. The molecule has 2 rings (SSSR count). The van der Waals surface area contributed by atoms with Crippen molar-refractivity contribution in [3.8, 4) is 0 Å². The van der Waals surface area contributed by atoms with Crippen molar-refractivity contribution in [3.63, 3.8) is 0 Å². The first-order valence-electron chi connectivity index (χ1n) is 7.09. The van der Waals surface area contributed by atoms with Gasteiger partial charge in [-0.3, -0.25) is 9.59 Å². The number of rotatable bonds is 7. The number of aliphatic carboxylic acids is 2. The minimum Gasteiger partial charge on any atom is -0.481 e. The fourth-order valence-corrected chi connectivity index (χ4v) is 2.84. The Morgan fingerprint density at radius 3 is 1.59 bits per heavy atom. The van der Waals surface area contributed by atoms with Gasteiger partial charge in [0.15, 0.2) is 0 Å². The lowest BCUT2D eigenvalue weighted by atomic mass is 9.69. The summed E-state index contributed by atoms with van der Waals surface area (Å²) < 4.78 is 0. The molecule has 114 valence electrons. The third-order valence-electron chi connectivity index (χ3n) is 3.87. The van der Waals surface area contributed by atoms with Crippen LogP contribution in [0.5, 0.6) is 0 Å². The Labute approximate surface area is 129 Å². The highest BCUT2D eigenvalue weighted by Gasteiger charge is 2.36. The second kappa shape index (κ2) is 6.89. The standard InChI is InChI=1S/C18H18O4/c19-16(20)11-12-18(13-17(21)22,14-7-3-1-4-8-14)15-9-5-2-6-10-15/h1-10H,11-13H2,(H,19,20)(H,21,22). The molecule has 0 radical (unpaired) electrons. The van der Waals surface area contributed by atoms with Gasteiger partial charge in [-0.05, 0) is 17.5 Å².